The van der Waals surface area contributed by atoms with Gasteiger partial charge in [-0.15, -0.1) is 0 Å². The molecule has 3 saturated carbocycles. The van der Waals surface area contributed by atoms with Gasteiger partial charge in [-0.2, -0.15) is 0 Å². The van der Waals surface area contributed by atoms with Crippen LogP contribution in [0.2, 0.25) is 0 Å². The van der Waals surface area contributed by atoms with E-state index in [0.29, 0.717) is 11.5 Å². The number of quaternary nitrogens is 1. The monoisotopic (exact) mass is 353 g/mol. The van der Waals surface area contributed by atoms with Crippen LogP contribution >= 0.6 is 0 Å². The fraction of sp³-hybridized carbons (Fsp3) is 0.682. The predicted octanol–water partition coefficient (Wildman–Crippen LogP) is 3.07. The number of carbonyl (C=O) groups excluding carboxylic acids is 1. The van der Waals surface area contributed by atoms with E-state index in [1.807, 2.05) is 0 Å². The van der Waals surface area contributed by atoms with Crippen molar-refractivity contribution in [1.29, 1.82) is 0 Å². The number of para-hydroxylation sites is 1. The van der Waals surface area contributed by atoms with Crippen LogP contribution in [0.4, 0.5) is 5.69 Å². The molecule has 1 aromatic carbocycles. The van der Waals surface area contributed by atoms with Gasteiger partial charge in [-0.1, -0.05) is 18.2 Å². The standard InChI is InChI=1S/C22H29N2O2/c1-24-12-5-8-20-9-10-22(16(14-20)18(25)26-2)21(11-13-24,19(20)24)15-6-3-4-7-17(15)23-22/h3-4,6-7,16,19,23H,5,8-14H2,1-2H3/q+1/t16-,19+,20+,21+,22+,24+/m0/s1. The summed E-state index contributed by atoms with van der Waals surface area (Å²) in [5.41, 5.74) is 3.02. The molecule has 6 aliphatic rings. The van der Waals surface area contributed by atoms with Gasteiger partial charge < -0.3 is 14.5 Å². The van der Waals surface area contributed by atoms with Crippen molar-refractivity contribution >= 4 is 11.7 Å². The summed E-state index contributed by atoms with van der Waals surface area (Å²) in [6.45, 7) is 2.55. The predicted molar refractivity (Wildman–Crippen MR) is 99.8 cm³/mol. The van der Waals surface area contributed by atoms with Gasteiger partial charge in [-0.05, 0) is 43.7 Å². The van der Waals surface area contributed by atoms with Crippen molar-refractivity contribution in [3.63, 3.8) is 0 Å². The van der Waals surface area contributed by atoms with Crippen LogP contribution in [0.1, 0.15) is 44.1 Å². The van der Waals surface area contributed by atoms with E-state index in [2.05, 4.69) is 36.6 Å². The molecule has 3 aliphatic carbocycles. The van der Waals surface area contributed by atoms with Crippen LogP contribution in [0.3, 0.4) is 0 Å². The van der Waals surface area contributed by atoms with Crippen molar-refractivity contribution in [1.82, 2.24) is 0 Å². The third kappa shape index (κ3) is 1.38. The van der Waals surface area contributed by atoms with Crippen LogP contribution in [0.5, 0.6) is 0 Å². The first-order valence-electron chi connectivity index (χ1n) is 10.3. The molecule has 7 rings (SSSR count). The zero-order chi connectivity index (χ0) is 17.8. The van der Waals surface area contributed by atoms with E-state index >= 15 is 0 Å². The van der Waals surface area contributed by atoms with Crippen LogP contribution in [0.15, 0.2) is 24.3 Å². The Balaban J connectivity index is 1.67. The van der Waals surface area contributed by atoms with Gasteiger partial charge in [0.15, 0.2) is 0 Å². The number of ether oxygens (including phenoxy) is 1. The Hall–Kier alpha value is -1.55. The van der Waals surface area contributed by atoms with Crippen LogP contribution in [-0.4, -0.2) is 49.3 Å². The fourth-order valence-electron chi connectivity index (χ4n) is 8.79. The van der Waals surface area contributed by atoms with Gasteiger partial charge in [0, 0.05) is 17.5 Å². The molecule has 1 aromatic rings. The third-order valence-electron chi connectivity index (χ3n) is 9.30. The van der Waals surface area contributed by atoms with Gasteiger partial charge >= 0.3 is 5.97 Å². The van der Waals surface area contributed by atoms with Gasteiger partial charge in [-0.3, -0.25) is 4.79 Å². The summed E-state index contributed by atoms with van der Waals surface area (Å²) in [6, 6.07) is 9.56. The lowest BCUT2D eigenvalue weighted by molar-refractivity contribution is -0.939. The average Bonchev–Trinajstić information content (AvgIpc) is 3.15. The van der Waals surface area contributed by atoms with Crippen molar-refractivity contribution in [3.8, 4) is 0 Å². The molecule has 0 amide bonds. The number of hydrogen-bond acceptors (Lipinski definition) is 3. The maximum Gasteiger partial charge on any atom is 0.311 e. The fourth-order valence-corrected chi connectivity index (χ4v) is 8.79. The van der Waals surface area contributed by atoms with E-state index in [1.54, 1.807) is 7.11 Å². The molecule has 5 fully saturated rings. The Bertz CT molecular complexity index is 824. The van der Waals surface area contributed by atoms with Crippen molar-refractivity contribution in [2.24, 2.45) is 11.3 Å². The molecule has 4 heteroatoms. The molecule has 0 radical (unpaired) electrons. The molecule has 4 nitrogen and oxygen atoms in total. The van der Waals surface area contributed by atoms with Crippen molar-refractivity contribution < 1.29 is 14.0 Å². The van der Waals surface area contributed by atoms with E-state index in [4.69, 9.17) is 4.74 Å². The van der Waals surface area contributed by atoms with E-state index in [9.17, 15) is 4.79 Å². The number of piperidine rings is 1. The number of carbonyl (C=O) groups is 1. The second-order valence-corrected chi connectivity index (χ2v) is 9.94. The number of rotatable bonds is 1. The van der Waals surface area contributed by atoms with Crippen LogP contribution in [0, 0.1) is 11.3 Å². The van der Waals surface area contributed by atoms with E-state index < -0.39 is 0 Å². The molecule has 2 bridgehead atoms. The largest absolute Gasteiger partial charge is 0.469 e. The Morgan fingerprint density at radius 1 is 1.19 bits per heavy atom. The smallest absolute Gasteiger partial charge is 0.311 e. The number of nitrogens with zero attached hydrogens (tertiary/aromatic N) is 1. The first kappa shape index (κ1) is 15.5. The Morgan fingerprint density at radius 3 is 2.88 bits per heavy atom. The first-order chi connectivity index (χ1) is 12.5. The molecule has 3 heterocycles. The lowest BCUT2D eigenvalue weighted by atomic mass is 9.38. The SMILES string of the molecule is COC(=O)[C@@H]1C[C@@]23CCC[N@+]4(C)CC[C@@]5(c6ccccc6N[C@]15CC2)[C@@H]34. The van der Waals surface area contributed by atoms with Gasteiger partial charge in [0.1, 0.15) is 6.04 Å². The number of likely N-dealkylation sites (N-methyl/N-ethyl adjacent to an activating group) is 1. The Labute approximate surface area is 155 Å². The van der Waals surface area contributed by atoms with Crippen molar-refractivity contribution in [2.75, 3.05) is 32.6 Å². The van der Waals surface area contributed by atoms with Crippen LogP contribution in [-0.2, 0) is 14.9 Å². The van der Waals surface area contributed by atoms with E-state index in [1.165, 1.54) is 54.5 Å². The lowest BCUT2D eigenvalue weighted by Gasteiger charge is -2.68. The minimum absolute atomic E-state index is 0.00822. The number of benzene rings is 1. The summed E-state index contributed by atoms with van der Waals surface area (Å²) >= 11 is 0. The highest BCUT2D eigenvalue weighted by molar-refractivity contribution is 5.80. The van der Waals surface area contributed by atoms with E-state index in [-0.39, 0.29) is 22.8 Å². The number of anilines is 1. The summed E-state index contributed by atoms with van der Waals surface area (Å²) in [5, 5.41) is 3.96. The molecule has 138 valence electrons. The molecule has 2 saturated heterocycles. The molecule has 3 spiro atoms. The van der Waals surface area contributed by atoms with Gasteiger partial charge in [-0.25, -0.2) is 0 Å². The zero-order valence-corrected chi connectivity index (χ0v) is 15.9. The number of nitrogens with one attached hydrogen (secondary N) is 1. The summed E-state index contributed by atoms with van der Waals surface area (Å²) in [4.78, 5) is 13.0. The highest BCUT2D eigenvalue weighted by atomic mass is 16.5. The normalized spacial score (nSPS) is 49.8. The van der Waals surface area contributed by atoms with Crippen molar-refractivity contribution in [3.05, 3.63) is 29.8 Å². The zero-order valence-electron chi connectivity index (χ0n) is 15.9. The number of methoxy groups -OCH3 is 1. The maximum atomic E-state index is 13.0. The van der Waals surface area contributed by atoms with E-state index in [0.717, 1.165) is 12.8 Å². The molecule has 6 atom stereocenters. The Morgan fingerprint density at radius 2 is 2.04 bits per heavy atom. The average molecular weight is 353 g/mol. The third-order valence-corrected chi connectivity index (χ3v) is 9.30. The molecular weight excluding hydrogens is 324 g/mol. The minimum Gasteiger partial charge on any atom is -0.469 e. The Kier molecular flexibility index (Phi) is 2.66. The highest BCUT2D eigenvalue weighted by Gasteiger charge is 2.83. The van der Waals surface area contributed by atoms with Gasteiger partial charge in [0.05, 0.1) is 44.1 Å². The summed E-state index contributed by atoms with van der Waals surface area (Å²) in [5.74, 6) is -0.0107. The number of fused-ring (bicyclic) bond motifs is 3. The maximum absolute atomic E-state index is 13.0. The minimum atomic E-state index is -0.149. The lowest BCUT2D eigenvalue weighted by Crippen LogP contribution is -2.79. The molecule has 26 heavy (non-hydrogen) atoms. The van der Waals surface area contributed by atoms with Gasteiger partial charge in [0.2, 0.25) is 0 Å². The molecular formula is C22H29N2O2+. The first-order valence-corrected chi connectivity index (χ1v) is 10.3. The van der Waals surface area contributed by atoms with Crippen LogP contribution in [0.25, 0.3) is 0 Å². The summed E-state index contributed by atoms with van der Waals surface area (Å²) < 4.78 is 6.58. The molecule has 3 aliphatic heterocycles. The quantitative estimate of drug-likeness (QED) is 0.623. The summed E-state index contributed by atoms with van der Waals surface area (Å²) in [7, 11) is 4.07. The second kappa shape index (κ2) is 4.46. The molecule has 0 aromatic heterocycles. The second-order valence-electron chi connectivity index (χ2n) is 9.94. The van der Waals surface area contributed by atoms with Crippen molar-refractivity contribution in [2.45, 2.75) is 55.5 Å². The number of hydrogen-bond donors (Lipinski definition) is 1. The number of esters is 1. The topological polar surface area (TPSA) is 38.3 Å². The van der Waals surface area contributed by atoms with Gasteiger partial charge in [0.25, 0.3) is 0 Å². The molecule has 0 unspecified atom stereocenters. The summed E-state index contributed by atoms with van der Waals surface area (Å²) in [6.07, 6.45) is 7.19. The van der Waals surface area contributed by atoms with Crippen LogP contribution < -0.4 is 5.32 Å². The molecule has 1 N–H and O–H groups in total. The highest BCUT2D eigenvalue weighted by Crippen LogP contribution is 2.75.